The largest absolute Gasteiger partial charge is 0.427 e. The number of halogens is 1. The summed E-state index contributed by atoms with van der Waals surface area (Å²) in [7, 11) is 3.75. The van der Waals surface area contributed by atoms with Gasteiger partial charge in [-0.15, -0.1) is 12.4 Å². The van der Waals surface area contributed by atoms with E-state index in [1.807, 2.05) is 14.1 Å². The predicted molar refractivity (Wildman–Crippen MR) is 32.4 cm³/mol. The van der Waals surface area contributed by atoms with Crippen molar-refractivity contribution in [1.82, 2.24) is 5.32 Å². The summed E-state index contributed by atoms with van der Waals surface area (Å²) in [6.45, 7) is 0. The molecule has 0 heterocycles. The van der Waals surface area contributed by atoms with Gasteiger partial charge in [0, 0.05) is 0 Å². The van der Waals surface area contributed by atoms with Gasteiger partial charge in [-0.2, -0.15) is 0 Å². The average Bonchev–Trinajstić information content (AvgIpc) is 1.39. The lowest BCUT2D eigenvalue weighted by Crippen LogP contribution is -1.89. The second-order valence-electron chi connectivity index (χ2n) is 0.575. The first-order chi connectivity index (χ1) is 2.83. The number of hydrogen-bond donors (Lipinski definition) is 1. The Morgan fingerprint density at radius 1 is 1.29 bits per heavy atom. The normalized spacial score (nSPS) is 4.86. The van der Waals surface area contributed by atoms with E-state index in [1.54, 1.807) is 0 Å². The van der Waals surface area contributed by atoms with Crippen molar-refractivity contribution in [3.8, 4) is 0 Å². The van der Waals surface area contributed by atoms with E-state index in [9.17, 15) is 0 Å². The molecule has 0 saturated heterocycles. The Hall–Kier alpha value is 0.200. The Morgan fingerprint density at radius 2 is 1.29 bits per heavy atom. The summed E-state index contributed by atoms with van der Waals surface area (Å²) in [6.07, 6.45) is 0. The van der Waals surface area contributed by atoms with Crippen molar-refractivity contribution in [2.45, 2.75) is 0 Å². The fourth-order valence-electron chi connectivity index (χ4n) is 0. The van der Waals surface area contributed by atoms with Crippen molar-refractivity contribution in [3.05, 3.63) is 0 Å². The van der Waals surface area contributed by atoms with Crippen LogP contribution in [0, 0.1) is 0 Å². The maximum atomic E-state index is 8.35. The smallest absolute Gasteiger partial charge is 0.0167 e. The molecular formula is C2H9ClNO2S-. The van der Waals surface area contributed by atoms with E-state index in [-0.39, 0.29) is 12.4 Å². The van der Waals surface area contributed by atoms with Crippen molar-refractivity contribution in [1.29, 1.82) is 0 Å². The molecule has 0 aliphatic rings. The SMILES string of the molecule is CNC.Cl.O=[SH-]=O. The fourth-order valence-corrected chi connectivity index (χ4v) is 0. The second kappa shape index (κ2) is 34.6. The first kappa shape index (κ1) is 15.7. The minimum Gasteiger partial charge on any atom is -0.427 e. The molecule has 0 rings (SSSR count). The molecule has 0 amide bonds. The maximum Gasteiger partial charge on any atom is -0.0167 e. The summed E-state index contributed by atoms with van der Waals surface area (Å²) in [4.78, 5) is 0. The molecular weight excluding hydrogens is 138 g/mol. The molecule has 3 nitrogen and oxygen atoms in total. The summed E-state index contributed by atoms with van der Waals surface area (Å²) in [5.41, 5.74) is 0. The highest BCUT2D eigenvalue weighted by Gasteiger charge is 1.25. The Balaban J connectivity index is -0.0000000400. The monoisotopic (exact) mass is 146 g/mol. The number of hydrogen-bond acceptors (Lipinski definition) is 4. The molecule has 0 unspecified atom stereocenters. The van der Waals surface area contributed by atoms with E-state index in [2.05, 4.69) is 5.32 Å². The zero-order valence-electron chi connectivity index (χ0n) is 4.17. The molecule has 0 saturated carbocycles. The standard InChI is InChI=1S/C2H7N.ClH.HO2S/c1-3-2;;1-3-2/h3H,1-2H3;1H;3H/q;;-1. The molecule has 0 fully saturated rings. The van der Waals surface area contributed by atoms with E-state index in [0.29, 0.717) is 0 Å². The van der Waals surface area contributed by atoms with Crippen LogP contribution < -0.4 is 5.32 Å². The van der Waals surface area contributed by atoms with Gasteiger partial charge in [0.25, 0.3) is 0 Å². The van der Waals surface area contributed by atoms with Crippen molar-refractivity contribution in [3.63, 3.8) is 0 Å². The summed E-state index contributed by atoms with van der Waals surface area (Å²) in [6, 6.07) is 0. The van der Waals surface area contributed by atoms with Crippen LogP contribution in [0.3, 0.4) is 0 Å². The van der Waals surface area contributed by atoms with Crippen molar-refractivity contribution in [2.24, 2.45) is 0 Å². The molecule has 0 aromatic heterocycles. The summed E-state index contributed by atoms with van der Waals surface area (Å²) in [5, 5.41) is 2.75. The molecule has 5 heteroatoms. The van der Waals surface area contributed by atoms with Crippen LogP contribution in [0.4, 0.5) is 0 Å². The van der Waals surface area contributed by atoms with Crippen molar-refractivity contribution < 1.29 is 8.42 Å². The zero-order valence-corrected chi connectivity index (χ0v) is 5.88. The number of thiol groups is 1. The number of rotatable bonds is 0. The molecule has 1 N–H and O–H groups in total. The van der Waals surface area contributed by atoms with E-state index in [0.717, 1.165) is 0 Å². The summed E-state index contributed by atoms with van der Waals surface area (Å²) < 4.78 is 16.7. The first-order valence-electron chi connectivity index (χ1n) is 1.37. The van der Waals surface area contributed by atoms with Crippen molar-refractivity contribution in [2.75, 3.05) is 14.1 Å². The molecule has 0 bridgehead atoms. The number of nitrogens with one attached hydrogen (secondary N) is 1. The summed E-state index contributed by atoms with van der Waals surface area (Å²) in [5.74, 6) is 0. The molecule has 0 aliphatic carbocycles. The lowest BCUT2D eigenvalue weighted by molar-refractivity contribution is 0.541. The molecule has 0 aromatic rings. The van der Waals surface area contributed by atoms with Gasteiger partial charge in [0.05, 0.1) is 0 Å². The highest BCUT2D eigenvalue weighted by atomic mass is 35.5. The van der Waals surface area contributed by atoms with Crippen LogP contribution in [0.5, 0.6) is 0 Å². The molecule has 0 spiro atoms. The highest BCUT2D eigenvalue weighted by molar-refractivity contribution is 7.51. The Labute approximate surface area is 52.5 Å². The first-order valence-corrected chi connectivity index (χ1v) is 2.10. The van der Waals surface area contributed by atoms with Crippen LogP contribution in [-0.2, 0) is 20.0 Å². The van der Waals surface area contributed by atoms with Gasteiger partial charge in [0.1, 0.15) is 0 Å². The van der Waals surface area contributed by atoms with Gasteiger partial charge in [-0.1, -0.05) is 11.6 Å². The minimum absolute atomic E-state index is 0. The highest BCUT2D eigenvalue weighted by Crippen LogP contribution is 0.981. The lowest BCUT2D eigenvalue weighted by atomic mass is 11.3. The molecule has 0 aliphatic heterocycles. The van der Waals surface area contributed by atoms with E-state index < -0.39 is 11.6 Å². The maximum absolute atomic E-state index is 8.35. The minimum atomic E-state index is -1.08. The average molecular weight is 147 g/mol. The fraction of sp³-hybridized carbons (Fsp3) is 1.00. The molecule has 48 valence electrons. The molecule has 0 atom stereocenters. The summed E-state index contributed by atoms with van der Waals surface area (Å²) >= 11 is -1.08. The Kier molecular flexibility index (Phi) is 77.6. The van der Waals surface area contributed by atoms with Gasteiger partial charge in [0.2, 0.25) is 0 Å². The van der Waals surface area contributed by atoms with Gasteiger partial charge in [0.15, 0.2) is 0 Å². The topological polar surface area (TPSA) is 46.2 Å². The third kappa shape index (κ3) is 2730. The van der Waals surface area contributed by atoms with Gasteiger partial charge >= 0.3 is 0 Å². The second-order valence-corrected chi connectivity index (χ2v) is 0.724. The van der Waals surface area contributed by atoms with Gasteiger partial charge < -0.3 is 13.7 Å². The van der Waals surface area contributed by atoms with Crippen LogP contribution in [0.1, 0.15) is 0 Å². The molecule has 0 aromatic carbocycles. The van der Waals surface area contributed by atoms with Crippen LogP contribution in [0.2, 0.25) is 0 Å². The van der Waals surface area contributed by atoms with Crippen LogP contribution >= 0.6 is 12.4 Å². The Morgan fingerprint density at radius 3 is 1.29 bits per heavy atom. The Bertz CT molecular complexity index is 45.0. The molecule has 0 radical (unpaired) electrons. The third-order valence-corrected chi connectivity index (χ3v) is 0. The van der Waals surface area contributed by atoms with Gasteiger partial charge in [-0.05, 0) is 14.1 Å². The van der Waals surface area contributed by atoms with E-state index >= 15 is 0 Å². The lowest BCUT2D eigenvalue weighted by Gasteiger charge is -1.59. The quantitative estimate of drug-likeness (QED) is 0.379. The van der Waals surface area contributed by atoms with Gasteiger partial charge in [-0.25, -0.2) is 0 Å². The predicted octanol–water partition coefficient (Wildman–Crippen LogP) is -0.250. The van der Waals surface area contributed by atoms with Crippen molar-refractivity contribution >= 4 is 24.0 Å². The van der Waals surface area contributed by atoms with Gasteiger partial charge in [-0.3, -0.25) is 0 Å². The van der Waals surface area contributed by atoms with E-state index in [4.69, 9.17) is 8.42 Å². The van der Waals surface area contributed by atoms with Crippen LogP contribution in [0.25, 0.3) is 0 Å². The third-order valence-electron chi connectivity index (χ3n) is 0. The van der Waals surface area contributed by atoms with E-state index in [1.165, 1.54) is 0 Å². The zero-order chi connectivity index (χ0) is 5.41. The van der Waals surface area contributed by atoms with Crippen LogP contribution in [-0.4, -0.2) is 14.1 Å². The molecule has 7 heavy (non-hydrogen) atoms. The van der Waals surface area contributed by atoms with Crippen LogP contribution in [0.15, 0.2) is 0 Å².